The van der Waals surface area contributed by atoms with E-state index in [1.54, 1.807) is 6.08 Å². The first-order chi connectivity index (χ1) is 10.3. The first kappa shape index (κ1) is 16.7. The van der Waals surface area contributed by atoms with E-state index in [0.717, 1.165) is 11.1 Å². The smallest absolute Gasteiger partial charge is 0.310 e. The average Bonchev–Trinajstić information content (AvgIpc) is 2.95. The van der Waals surface area contributed by atoms with E-state index in [1.165, 1.54) is 5.57 Å². The molecule has 2 aliphatic carbocycles. The van der Waals surface area contributed by atoms with Gasteiger partial charge in [0.05, 0.1) is 12.3 Å². The Bertz CT molecular complexity index is 577. The minimum Gasteiger partial charge on any atom is -0.457 e. The number of ketones is 1. The highest BCUT2D eigenvalue weighted by molar-refractivity contribution is 6.00. The molecule has 0 radical (unpaired) electrons. The minimum atomic E-state index is -0.391. The summed E-state index contributed by atoms with van der Waals surface area (Å²) in [4.78, 5) is 24.5. The molecular formula is C19H26O3. The van der Waals surface area contributed by atoms with Gasteiger partial charge in [0.25, 0.3) is 0 Å². The van der Waals surface area contributed by atoms with Crippen molar-refractivity contribution in [2.24, 2.45) is 17.3 Å². The Morgan fingerprint density at radius 2 is 2.05 bits per heavy atom. The molecule has 1 fully saturated rings. The molecule has 0 heterocycles. The van der Waals surface area contributed by atoms with Crippen LogP contribution in [-0.2, 0) is 14.3 Å². The van der Waals surface area contributed by atoms with Crippen molar-refractivity contribution >= 4 is 11.8 Å². The molecule has 0 aromatic carbocycles. The summed E-state index contributed by atoms with van der Waals surface area (Å²) in [5, 5.41) is 0. The average molecular weight is 302 g/mol. The van der Waals surface area contributed by atoms with Gasteiger partial charge in [0.1, 0.15) is 6.10 Å². The molecule has 0 aromatic heterocycles. The van der Waals surface area contributed by atoms with Gasteiger partial charge in [-0.15, -0.1) is 6.58 Å². The van der Waals surface area contributed by atoms with Gasteiger partial charge >= 0.3 is 5.97 Å². The summed E-state index contributed by atoms with van der Waals surface area (Å²) in [6, 6.07) is 0. The van der Waals surface area contributed by atoms with Crippen LogP contribution in [0.1, 0.15) is 47.5 Å². The van der Waals surface area contributed by atoms with Gasteiger partial charge in [-0.25, -0.2) is 0 Å². The van der Waals surface area contributed by atoms with Crippen LogP contribution < -0.4 is 0 Å². The summed E-state index contributed by atoms with van der Waals surface area (Å²) in [6.07, 6.45) is 4.22. The molecule has 0 N–H and O–H groups in total. The van der Waals surface area contributed by atoms with Gasteiger partial charge in [0.15, 0.2) is 5.78 Å². The van der Waals surface area contributed by atoms with Crippen molar-refractivity contribution in [1.82, 2.24) is 0 Å². The number of hydrogen-bond acceptors (Lipinski definition) is 3. The zero-order valence-electron chi connectivity index (χ0n) is 14.2. The van der Waals surface area contributed by atoms with Crippen molar-refractivity contribution < 1.29 is 14.3 Å². The zero-order chi connectivity index (χ0) is 16.7. The molecule has 0 amide bonds. The van der Waals surface area contributed by atoms with Crippen molar-refractivity contribution in [1.29, 1.82) is 0 Å². The van der Waals surface area contributed by atoms with E-state index in [9.17, 15) is 9.59 Å². The first-order valence-corrected chi connectivity index (χ1v) is 7.92. The summed E-state index contributed by atoms with van der Waals surface area (Å²) < 4.78 is 5.68. The Balaban J connectivity index is 2.08. The topological polar surface area (TPSA) is 43.4 Å². The van der Waals surface area contributed by atoms with Crippen molar-refractivity contribution in [3.8, 4) is 0 Å². The van der Waals surface area contributed by atoms with Gasteiger partial charge < -0.3 is 4.74 Å². The molecule has 0 aromatic rings. The second-order valence-corrected chi connectivity index (χ2v) is 7.02. The fourth-order valence-corrected chi connectivity index (χ4v) is 3.73. The number of allylic oxidation sites excluding steroid dienone is 4. The fourth-order valence-electron chi connectivity index (χ4n) is 3.73. The molecule has 0 aliphatic heterocycles. The number of esters is 1. The van der Waals surface area contributed by atoms with Crippen molar-refractivity contribution in [3.05, 3.63) is 35.5 Å². The SMILES string of the molecule is C=CCC1=C(C)C(OC(=O)C2C(/C(C)=C/C)C2(C)C)CC1=O. The van der Waals surface area contributed by atoms with Gasteiger partial charge in [-0.2, -0.15) is 0 Å². The minimum absolute atomic E-state index is 0.0577. The van der Waals surface area contributed by atoms with Crippen molar-refractivity contribution in [2.45, 2.75) is 53.6 Å². The predicted octanol–water partition coefficient (Wildman–Crippen LogP) is 4.00. The standard InChI is InChI=1S/C19H26O3/c1-7-9-13-12(4)15(10-14(13)20)22-18(21)17-16(11(3)8-2)19(17,5)6/h7-8,15-17H,1,9-10H2,2-6H3/b11-8+. The van der Waals surface area contributed by atoms with Gasteiger partial charge in [-0.3, -0.25) is 9.59 Å². The summed E-state index contributed by atoms with van der Waals surface area (Å²) >= 11 is 0. The highest BCUT2D eigenvalue weighted by atomic mass is 16.5. The van der Waals surface area contributed by atoms with Crippen LogP contribution in [0.3, 0.4) is 0 Å². The largest absolute Gasteiger partial charge is 0.457 e. The predicted molar refractivity (Wildman–Crippen MR) is 87.2 cm³/mol. The molecule has 2 aliphatic rings. The lowest BCUT2D eigenvalue weighted by Gasteiger charge is -2.13. The van der Waals surface area contributed by atoms with Gasteiger partial charge in [0.2, 0.25) is 0 Å². The maximum absolute atomic E-state index is 12.5. The third kappa shape index (κ3) is 2.69. The number of ether oxygens (including phenoxy) is 1. The third-order valence-corrected chi connectivity index (χ3v) is 5.30. The van der Waals surface area contributed by atoms with Crippen LogP contribution in [0.25, 0.3) is 0 Å². The molecule has 1 saturated carbocycles. The zero-order valence-corrected chi connectivity index (χ0v) is 14.2. The van der Waals surface area contributed by atoms with Gasteiger partial charge in [-0.05, 0) is 44.1 Å². The van der Waals surface area contributed by atoms with E-state index >= 15 is 0 Å². The van der Waals surface area contributed by atoms with Crippen molar-refractivity contribution in [2.75, 3.05) is 0 Å². The van der Waals surface area contributed by atoms with E-state index < -0.39 is 6.10 Å². The highest BCUT2D eigenvalue weighted by Crippen LogP contribution is 2.62. The molecule has 3 atom stereocenters. The molecule has 22 heavy (non-hydrogen) atoms. The molecule has 3 nitrogen and oxygen atoms in total. The lowest BCUT2D eigenvalue weighted by atomic mass is 10.0. The Labute approximate surface area is 133 Å². The molecule has 0 spiro atoms. The molecule has 120 valence electrons. The van der Waals surface area contributed by atoms with Crippen LogP contribution in [-0.4, -0.2) is 17.9 Å². The van der Waals surface area contributed by atoms with E-state index in [1.807, 2.05) is 13.8 Å². The molecule has 3 unspecified atom stereocenters. The van der Waals surface area contributed by atoms with E-state index in [-0.39, 0.29) is 35.4 Å². The quantitative estimate of drug-likeness (QED) is 0.569. The van der Waals surface area contributed by atoms with E-state index in [4.69, 9.17) is 4.74 Å². The van der Waals surface area contributed by atoms with E-state index in [2.05, 4.69) is 33.4 Å². The van der Waals surface area contributed by atoms with Crippen LogP contribution in [0.4, 0.5) is 0 Å². The van der Waals surface area contributed by atoms with Crippen LogP contribution in [0.5, 0.6) is 0 Å². The Hall–Kier alpha value is -1.64. The van der Waals surface area contributed by atoms with Crippen LogP contribution in [0.15, 0.2) is 35.5 Å². The van der Waals surface area contributed by atoms with E-state index in [0.29, 0.717) is 6.42 Å². The number of rotatable bonds is 5. The Morgan fingerprint density at radius 3 is 2.59 bits per heavy atom. The maximum atomic E-state index is 12.5. The van der Waals surface area contributed by atoms with Gasteiger partial charge in [0, 0.05) is 5.57 Å². The molecule has 3 heteroatoms. The summed E-state index contributed by atoms with van der Waals surface area (Å²) in [5.74, 6) is 0.0498. The van der Waals surface area contributed by atoms with Crippen molar-refractivity contribution in [3.63, 3.8) is 0 Å². The summed E-state index contributed by atoms with van der Waals surface area (Å²) in [6.45, 7) is 13.8. The molecule has 2 rings (SSSR count). The van der Waals surface area contributed by atoms with Crippen LogP contribution in [0, 0.1) is 17.3 Å². The molecule has 0 saturated heterocycles. The van der Waals surface area contributed by atoms with Crippen LogP contribution >= 0.6 is 0 Å². The second-order valence-electron chi connectivity index (χ2n) is 7.02. The number of hydrogen-bond donors (Lipinski definition) is 0. The fraction of sp³-hybridized carbons (Fsp3) is 0.579. The first-order valence-electron chi connectivity index (χ1n) is 7.92. The Kier molecular flexibility index (Phi) is 4.46. The second kappa shape index (κ2) is 5.86. The monoisotopic (exact) mass is 302 g/mol. The molecular weight excluding hydrogens is 276 g/mol. The third-order valence-electron chi connectivity index (χ3n) is 5.30. The number of Topliss-reactive ketones (excluding diaryl/α,β-unsaturated/α-hetero) is 1. The van der Waals surface area contributed by atoms with Crippen LogP contribution in [0.2, 0.25) is 0 Å². The summed E-state index contributed by atoms with van der Waals surface area (Å²) in [5.41, 5.74) is 2.81. The number of carbonyl (C=O) groups excluding carboxylic acids is 2. The highest BCUT2D eigenvalue weighted by Gasteiger charge is 2.63. The lowest BCUT2D eigenvalue weighted by molar-refractivity contribution is -0.150. The normalized spacial score (nSPS) is 30.5. The lowest BCUT2D eigenvalue weighted by Crippen LogP contribution is -2.20. The number of carbonyl (C=O) groups is 2. The molecule has 0 bridgehead atoms. The summed E-state index contributed by atoms with van der Waals surface area (Å²) in [7, 11) is 0. The maximum Gasteiger partial charge on any atom is 0.310 e. The van der Waals surface area contributed by atoms with Gasteiger partial charge in [-0.1, -0.05) is 31.6 Å². The Morgan fingerprint density at radius 1 is 1.41 bits per heavy atom.